The Labute approximate surface area is 72.0 Å². The van der Waals surface area contributed by atoms with Crippen molar-refractivity contribution in [2.45, 2.75) is 19.1 Å². The Morgan fingerprint density at radius 1 is 1.58 bits per heavy atom. The summed E-state index contributed by atoms with van der Waals surface area (Å²) in [5, 5.41) is 0. The summed E-state index contributed by atoms with van der Waals surface area (Å²) < 4.78 is 36.4. The highest BCUT2D eigenvalue weighted by atomic mass is 35.5. The highest BCUT2D eigenvalue weighted by Crippen LogP contribution is 2.25. The number of hydrogen-bond acceptors (Lipinski definition) is 1. The Morgan fingerprint density at radius 2 is 2.17 bits per heavy atom. The van der Waals surface area contributed by atoms with Gasteiger partial charge in [-0.25, -0.2) is 9.55 Å². The smallest absolute Gasteiger partial charge is 0.245 e. The molecule has 6 heteroatoms. The first kappa shape index (κ1) is 9.38. The third kappa shape index (κ3) is 1.55. The summed E-state index contributed by atoms with van der Waals surface area (Å²) in [6.45, 7) is 1.33. The van der Waals surface area contributed by atoms with Crippen LogP contribution in [0, 0.1) is 6.92 Å². The molecule has 0 saturated heterocycles. The zero-order valence-corrected chi connectivity index (χ0v) is 6.95. The number of hydrogen-bond donors (Lipinski definition) is 0. The third-order valence-electron chi connectivity index (χ3n) is 1.51. The lowest BCUT2D eigenvalue weighted by molar-refractivity contribution is -0.205. The Morgan fingerprint density at radius 3 is 2.42 bits per heavy atom. The van der Waals surface area contributed by atoms with Gasteiger partial charge in [-0.15, -0.1) is 24.8 Å². The lowest BCUT2D eigenvalue weighted by Gasteiger charge is -2.08. The molecule has 0 spiro atoms. The Bertz CT molecular complexity index is 279. The van der Waals surface area contributed by atoms with Gasteiger partial charge in [0.15, 0.2) is 0 Å². The van der Waals surface area contributed by atoms with E-state index in [0.29, 0.717) is 0 Å². The average Bonchev–Trinajstić information content (AvgIpc) is 2.29. The predicted octanol–water partition coefficient (Wildman–Crippen LogP) is 2.41. The van der Waals surface area contributed by atoms with Crippen LogP contribution in [0.15, 0.2) is 6.33 Å². The molecule has 1 aromatic rings. The minimum absolute atomic E-state index is 0.00505. The van der Waals surface area contributed by atoms with E-state index in [-0.39, 0.29) is 21.8 Å². The predicted molar refractivity (Wildman–Crippen MR) is 37.8 cm³/mol. The maximum Gasteiger partial charge on any atom is 0.489 e. The van der Waals surface area contributed by atoms with Crippen LogP contribution < -0.4 is 0 Å². The fourth-order valence-electron chi connectivity index (χ4n) is 0.833. The van der Waals surface area contributed by atoms with Gasteiger partial charge < -0.3 is 0 Å². The van der Waals surface area contributed by atoms with Gasteiger partial charge in [-0.3, -0.25) is 0 Å². The standard InChI is InChI=1S/C6H6ClF3N2/c1-4-5(2-7)11-3-12(4)6(8,9)10/h3H,2H2,1H3. The van der Waals surface area contributed by atoms with Crippen LogP contribution in [-0.2, 0) is 12.2 Å². The SMILES string of the molecule is Cc1c(CCl)ncn1C(F)(F)F. The van der Waals surface area contributed by atoms with Gasteiger partial charge in [0.05, 0.1) is 11.6 Å². The van der Waals surface area contributed by atoms with Crippen LogP contribution in [0.5, 0.6) is 0 Å². The molecule has 0 fully saturated rings. The van der Waals surface area contributed by atoms with E-state index in [4.69, 9.17) is 11.6 Å². The number of imidazole rings is 1. The van der Waals surface area contributed by atoms with Crippen molar-refractivity contribution < 1.29 is 13.2 Å². The summed E-state index contributed by atoms with van der Waals surface area (Å²) in [6, 6.07) is 0. The fourth-order valence-corrected chi connectivity index (χ4v) is 1.10. The quantitative estimate of drug-likeness (QED) is 0.634. The monoisotopic (exact) mass is 198 g/mol. The highest BCUT2D eigenvalue weighted by molar-refractivity contribution is 6.16. The minimum atomic E-state index is -4.40. The summed E-state index contributed by atoms with van der Waals surface area (Å²) in [4.78, 5) is 3.51. The van der Waals surface area contributed by atoms with Crippen LogP contribution in [0.2, 0.25) is 0 Å². The summed E-state index contributed by atoms with van der Waals surface area (Å²) in [5.74, 6) is -0.00505. The lowest BCUT2D eigenvalue weighted by Crippen LogP contribution is -2.17. The second-order valence-corrected chi connectivity index (χ2v) is 2.52. The van der Waals surface area contributed by atoms with Crippen molar-refractivity contribution in [3.8, 4) is 0 Å². The van der Waals surface area contributed by atoms with E-state index in [2.05, 4.69) is 4.98 Å². The van der Waals surface area contributed by atoms with Gasteiger partial charge in [-0.2, -0.15) is 0 Å². The Kier molecular flexibility index (Phi) is 2.32. The third-order valence-corrected chi connectivity index (χ3v) is 1.76. The summed E-state index contributed by atoms with van der Waals surface area (Å²) in [5.41, 5.74) is 0.298. The maximum atomic E-state index is 12.1. The second-order valence-electron chi connectivity index (χ2n) is 2.25. The molecule has 0 bridgehead atoms. The molecule has 0 saturated carbocycles. The number of rotatable bonds is 1. The molecule has 0 unspecified atom stereocenters. The van der Waals surface area contributed by atoms with Crippen molar-refractivity contribution in [2.75, 3.05) is 0 Å². The molecule has 0 aliphatic rings. The minimum Gasteiger partial charge on any atom is -0.245 e. The zero-order chi connectivity index (χ0) is 9.35. The molecule has 1 rings (SSSR count). The molecule has 0 aliphatic carbocycles. The zero-order valence-electron chi connectivity index (χ0n) is 6.19. The summed E-state index contributed by atoms with van der Waals surface area (Å²) in [7, 11) is 0. The first-order chi connectivity index (χ1) is 5.46. The van der Waals surface area contributed by atoms with Crippen molar-refractivity contribution in [3.05, 3.63) is 17.7 Å². The number of halogens is 4. The van der Waals surface area contributed by atoms with E-state index in [1.54, 1.807) is 0 Å². The van der Waals surface area contributed by atoms with E-state index in [0.717, 1.165) is 6.33 Å². The molecule has 0 aromatic carbocycles. The largest absolute Gasteiger partial charge is 0.489 e. The van der Waals surface area contributed by atoms with E-state index in [1.807, 2.05) is 0 Å². The molecular formula is C6H6ClF3N2. The molecular weight excluding hydrogens is 193 g/mol. The topological polar surface area (TPSA) is 17.8 Å². The van der Waals surface area contributed by atoms with Gasteiger partial charge in [0, 0.05) is 5.69 Å². The molecule has 2 nitrogen and oxygen atoms in total. The van der Waals surface area contributed by atoms with Crippen molar-refractivity contribution in [1.82, 2.24) is 9.55 Å². The van der Waals surface area contributed by atoms with Crippen LogP contribution in [0.25, 0.3) is 0 Å². The first-order valence-corrected chi connectivity index (χ1v) is 3.66. The molecule has 0 amide bonds. The van der Waals surface area contributed by atoms with E-state index >= 15 is 0 Å². The molecule has 1 aromatic heterocycles. The van der Waals surface area contributed by atoms with Gasteiger partial charge in [-0.05, 0) is 6.92 Å². The van der Waals surface area contributed by atoms with E-state index in [1.165, 1.54) is 6.92 Å². The van der Waals surface area contributed by atoms with Gasteiger partial charge in [0.25, 0.3) is 0 Å². The Hall–Kier alpha value is -0.710. The van der Waals surface area contributed by atoms with Crippen LogP contribution >= 0.6 is 11.6 Å². The second kappa shape index (κ2) is 2.97. The van der Waals surface area contributed by atoms with Gasteiger partial charge >= 0.3 is 6.30 Å². The number of aromatic nitrogens is 2. The summed E-state index contributed by atoms with van der Waals surface area (Å²) >= 11 is 5.35. The summed E-state index contributed by atoms with van der Waals surface area (Å²) in [6.07, 6.45) is -3.67. The van der Waals surface area contributed by atoms with Crippen LogP contribution in [0.1, 0.15) is 11.4 Å². The van der Waals surface area contributed by atoms with Gasteiger partial charge in [-0.1, -0.05) is 0 Å². The van der Waals surface area contributed by atoms with Crippen molar-refractivity contribution in [2.24, 2.45) is 0 Å². The molecule has 0 atom stereocenters. The van der Waals surface area contributed by atoms with Gasteiger partial charge in [0.2, 0.25) is 0 Å². The van der Waals surface area contributed by atoms with Crippen molar-refractivity contribution in [1.29, 1.82) is 0 Å². The molecule has 0 N–H and O–H groups in total. The molecule has 0 aliphatic heterocycles. The normalized spacial score (nSPS) is 12.1. The van der Waals surface area contributed by atoms with Gasteiger partial charge in [0.1, 0.15) is 6.33 Å². The number of alkyl halides is 4. The highest BCUT2D eigenvalue weighted by Gasteiger charge is 2.32. The van der Waals surface area contributed by atoms with Crippen molar-refractivity contribution in [3.63, 3.8) is 0 Å². The van der Waals surface area contributed by atoms with Crippen molar-refractivity contribution >= 4 is 11.6 Å². The molecule has 0 radical (unpaired) electrons. The molecule has 12 heavy (non-hydrogen) atoms. The maximum absolute atomic E-state index is 12.1. The average molecular weight is 199 g/mol. The molecule has 1 heterocycles. The molecule has 68 valence electrons. The fraction of sp³-hybridized carbons (Fsp3) is 0.500. The van der Waals surface area contributed by atoms with E-state index < -0.39 is 6.30 Å². The van der Waals surface area contributed by atoms with Crippen LogP contribution in [0.4, 0.5) is 13.2 Å². The Balaban J connectivity index is 3.11. The lowest BCUT2D eigenvalue weighted by atomic mass is 10.4. The van der Waals surface area contributed by atoms with E-state index in [9.17, 15) is 13.2 Å². The van der Waals surface area contributed by atoms with Crippen LogP contribution in [-0.4, -0.2) is 9.55 Å². The number of nitrogens with zero attached hydrogens (tertiary/aromatic N) is 2. The first-order valence-electron chi connectivity index (χ1n) is 3.12. The van der Waals surface area contributed by atoms with Crippen LogP contribution in [0.3, 0.4) is 0 Å².